The Morgan fingerprint density at radius 2 is 1.85 bits per heavy atom. The van der Waals surface area contributed by atoms with Crippen LogP contribution in [0.5, 0.6) is 5.75 Å². The van der Waals surface area contributed by atoms with Gasteiger partial charge >= 0.3 is 17.9 Å². The van der Waals surface area contributed by atoms with Crippen LogP contribution in [-0.4, -0.2) is 37.7 Å². The Morgan fingerprint density at radius 3 is 2.37 bits per heavy atom. The summed E-state index contributed by atoms with van der Waals surface area (Å²) >= 11 is 0. The first kappa shape index (κ1) is 20.4. The summed E-state index contributed by atoms with van der Waals surface area (Å²) in [5.41, 5.74) is -2.68. The third kappa shape index (κ3) is 4.27. The molecule has 1 heterocycles. The third-order valence-corrected chi connectivity index (χ3v) is 4.58. The maximum atomic E-state index is 13.0. The van der Waals surface area contributed by atoms with Gasteiger partial charge in [0.1, 0.15) is 0 Å². The minimum absolute atomic E-state index is 0.280. The summed E-state index contributed by atoms with van der Waals surface area (Å²) < 4.78 is 72.8. The number of alkyl halides is 3. The number of aryl methyl sites for hydroxylation is 1. The van der Waals surface area contributed by atoms with E-state index in [-0.39, 0.29) is 11.1 Å². The summed E-state index contributed by atoms with van der Waals surface area (Å²) in [6.07, 6.45) is -4.35. The van der Waals surface area contributed by atoms with Crippen LogP contribution in [0.1, 0.15) is 5.56 Å². The zero-order valence-electron chi connectivity index (χ0n) is 14.2. The van der Waals surface area contributed by atoms with E-state index in [4.69, 9.17) is 4.74 Å². The highest BCUT2D eigenvalue weighted by Gasteiger charge is 2.33. The fourth-order valence-electron chi connectivity index (χ4n) is 2.16. The molecule has 12 heteroatoms. The molecule has 0 N–H and O–H groups in total. The Bertz CT molecular complexity index is 1060. The molecule has 0 aliphatic carbocycles. The van der Waals surface area contributed by atoms with Crippen molar-refractivity contribution in [2.45, 2.75) is 11.1 Å². The van der Waals surface area contributed by atoms with Crippen LogP contribution in [0.4, 0.5) is 18.0 Å². The normalized spacial score (nSPS) is 11.9. The number of halogens is 3. The number of aromatic nitrogens is 2. The summed E-state index contributed by atoms with van der Waals surface area (Å²) in [6, 6.07) is 1.94. The zero-order valence-corrected chi connectivity index (χ0v) is 15.0. The maximum absolute atomic E-state index is 13.0. The second-order valence-corrected chi connectivity index (χ2v) is 7.34. The van der Waals surface area contributed by atoms with Gasteiger partial charge in [-0.15, -0.1) is 0 Å². The Balaban J connectivity index is 2.84. The van der Waals surface area contributed by atoms with E-state index in [9.17, 15) is 31.2 Å². The lowest BCUT2D eigenvalue weighted by atomic mass is 10.0. The number of rotatable bonds is 3. The van der Waals surface area contributed by atoms with Crippen LogP contribution in [0.2, 0.25) is 0 Å². The highest BCUT2D eigenvalue weighted by Crippen LogP contribution is 2.37. The molecular weight excluding hydrogens is 393 g/mol. The molecule has 0 amide bonds. The largest absolute Gasteiger partial charge is 0.513 e. The predicted molar refractivity (Wildman–Crippen MR) is 86.1 cm³/mol. The van der Waals surface area contributed by atoms with Crippen molar-refractivity contribution in [1.82, 2.24) is 9.78 Å². The number of benzene rings is 1. The number of hydrogen-bond acceptors (Lipinski definition) is 7. The highest BCUT2D eigenvalue weighted by molar-refractivity contribution is 7.90. The summed E-state index contributed by atoms with van der Waals surface area (Å²) in [5.74, 6) is -0.635. The van der Waals surface area contributed by atoms with Crippen LogP contribution in [0.15, 0.2) is 34.1 Å². The van der Waals surface area contributed by atoms with Crippen molar-refractivity contribution < 1.29 is 35.9 Å². The minimum Gasteiger partial charge on any atom is -0.437 e. The quantitative estimate of drug-likeness (QED) is 0.718. The molecule has 0 aliphatic rings. The van der Waals surface area contributed by atoms with E-state index in [0.29, 0.717) is 18.4 Å². The van der Waals surface area contributed by atoms with Crippen LogP contribution < -0.4 is 10.3 Å². The third-order valence-electron chi connectivity index (χ3n) is 3.44. The monoisotopic (exact) mass is 406 g/mol. The van der Waals surface area contributed by atoms with Gasteiger partial charge in [0.05, 0.1) is 29.3 Å². The molecule has 8 nitrogen and oxygen atoms in total. The smallest absolute Gasteiger partial charge is 0.437 e. The number of carbonyl (C=O) groups excluding carboxylic acids is 1. The topological polar surface area (TPSA) is 105 Å². The van der Waals surface area contributed by atoms with E-state index in [1.165, 1.54) is 7.05 Å². The van der Waals surface area contributed by atoms with Crippen molar-refractivity contribution in [2.24, 2.45) is 7.05 Å². The van der Waals surface area contributed by atoms with Gasteiger partial charge in [0.25, 0.3) is 0 Å². The molecule has 2 aromatic rings. The predicted octanol–water partition coefficient (Wildman–Crippen LogP) is 2.01. The SMILES string of the molecule is COC(=O)Oc1c(-c2ccc(C(F)(F)F)cc2S(C)(=O)=O)cnn(C)c1=O. The minimum atomic E-state index is -4.78. The Morgan fingerprint density at radius 1 is 1.22 bits per heavy atom. The fraction of sp³-hybridized carbons (Fsp3) is 0.267. The standard InChI is InChI=1S/C15H13F3N2O6S/c1-20-13(21)12(26-14(22)25-2)10(7-19-20)9-5-4-8(15(16,17)18)6-11(9)27(3,23)24/h4-7H,1-3H3. The molecule has 0 fully saturated rings. The van der Waals surface area contributed by atoms with Crippen LogP contribution in [0.3, 0.4) is 0 Å². The van der Waals surface area contributed by atoms with Crippen molar-refractivity contribution >= 4 is 16.0 Å². The molecule has 0 bridgehead atoms. The van der Waals surface area contributed by atoms with E-state index in [0.717, 1.165) is 24.1 Å². The molecule has 0 atom stereocenters. The molecule has 27 heavy (non-hydrogen) atoms. The van der Waals surface area contributed by atoms with Crippen LogP contribution in [0, 0.1) is 0 Å². The average molecular weight is 406 g/mol. The fourth-order valence-corrected chi connectivity index (χ4v) is 3.08. The maximum Gasteiger partial charge on any atom is 0.513 e. The summed E-state index contributed by atoms with van der Waals surface area (Å²) in [5, 5.41) is 3.70. The van der Waals surface area contributed by atoms with Crippen molar-refractivity contribution in [3.05, 3.63) is 40.3 Å². The summed E-state index contributed by atoms with van der Waals surface area (Å²) in [6.45, 7) is 0. The Hall–Kier alpha value is -2.89. The van der Waals surface area contributed by atoms with Gasteiger partial charge in [0.15, 0.2) is 9.84 Å². The first-order valence-electron chi connectivity index (χ1n) is 7.10. The molecule has 0 saturated carbocycles. The molecule has 2 rings (SSSR count). The van der Waals surface area contributed by atoms with Gasteiger partial charge in [-0.25, -0.2) is 17.9 Å². The number of hydrogen-bond donors (Lipinski definition) is 0. The number of sulfone groups is 1. The number of ether oxygens (including phenoxy) is 2. The summed E-state index contributed by atoms with van der Waals surface area (Å²) in [7, 11) is -1.93. The molecule has 1 aromatic carbocycles. The van der Waals surface area contributed by atoms with E-state index in [2.05, 4.69) is 9.84 Å². The van der Waals surface area contributed by atoms with Crippen molar-refractivity contribution in [3.8, 4) is 16.9 Å². The number of carbonyl (C=O) groups is 1. The van der Waals surface area contributed by atoms with Crippen molar-refractivity contribution in [3.63, 3.8) is 0 Å². The highest BCUT2D eigenvalue weighted by atomic mass is 32.2. The van der Waals surface area contributed by atoms with E-state index >= 15 is 0 Å². The lowest BCUT2D eigenvalue weighted by Crippen LogP contribution is -2.24. The lowest BCUT2D eigenvalue weighted by molar-refractivity contribution is -0.137. The number of methoxy groups -OCH3 is 1. The molecule has 1 aromatic heterocycles. The first-order chi connectivity index (χ1) is 12.4. The van der Waals surface area contributed by atoms with Crippen LogP contribution in [-0.2, 0) is 27.8 Å². The average Bonchev–Trinajstić information content (AvgIpc) is 2.57. The second-order valence-electron chi connectivity index (χ2n) is 5.35. The van der Waals surface area contributed by atoms with Gasteiger partial charge in [-0.1, -0.05) is 6.07 Å². The van der Waals surface area contributed by atoms with Gasteiger partial charge in [0.2, 0.25) is 5.75 Å². The first-order valence-corrected chi connectivity index (χ1v) is 8.99. The van der Waals surface area contributed by atoms with E-state index in [1.54, 1.807) is 0 Å². The zero-order chi connectivity index (χ0) is 20.6. The molecule has 0 spiro atoms. The van der Waals surface area contributed by atoms with Gasteiger partial charge in [-0.3, -0.25) is 4.79 Å². The number of nitrogens with zero attached hydrogens (tertiary/aromatic N) is 2. The van der Waals surface area contributed by atoms with Gasteiger partial charge < -0.3 is 9.47 Å². The molecule has 0 radical (unpaired) electrons. The van der Waals surface area contributed by atoms with Crippen LogP contribution >= 0.6 is 0 Å². The molecule has 146 valence electrons. The second kappa shape index (κ2) is 7.02. The Labute approximate surface area is 151 Å². The Kier molecular flexibility index (Phi) is 5.31. The molecule has 0 unspecified atom stereocenters. The molecule has 0 aliphatic heterocycles. The summed E-state index contributed by atoms with van der Waals surface area (Å²) in [4.78, 5) is 22.9. The lowest BCUT2D eigenvalue weighted by Gasteiger charge is -2.15. The van der Waals surface area contributed by atoms with Gasteiger partial charge in [0, 0.05) is 18.9 Å². The van der Waals surface area contributed by atoms with E-state index < -0.39 is 43.9 Å². The van der Waals surface area contributed by atoms with Crippen molar-refractivity contribution in [1.29, 1.82) is 0 Å². The molecular formula is C15H13F3N2O6S. The van der Waals surface area contributed by atoms with Crippen molar-refractivity contribution in [2.75, 3.05) is 13.4 Å². The van der Waals surface area contributed by atoms with Gasteiger partial charge in [-0.05, 0) is 12.1 Å². The van der Waals surface area contributed by atoms with Gasteiger partial charge in [-0.2, -0.15) is 18.3 Å². The van der Waals surface area contributed by atoms with Crippen LogP contribution in [0.25, 0.3) is 11.1 Å². The molecule has 0 saturated heterocycles. The van der Waals surface area contributed by atoms with E-state index in [1.807, 2.05) is 0 Å².